The van der Waals surface area contributed by atoms with E-state index in [2.05, 4.69) is 13.8 Å². The molecule has 1 atom stereocenters. The summed E-state index contributed by atoms with van der Waals surface area (Å²) in [5, 5.41) is 8.70. The molecule has 1 N–H and O–H groups in total. The molecule has 1 unspecified atom stereocenters. The third kappa shape index (κ3) is 33.5. The van der Waals surface area contributed by atoms with Gasteiger partial charge in [0.2, 0.25) is 0 Å². The Labute approximate surface area is 246 Å². The summed E-state index contributed by atoms with van der Waals surface area (Å²) in [4.78, 5) is 10.6. The minimum absolute atomic E-state index is 0.332. The first kappa shape index (κ1) is 38.4. The number of hydrogen-bond donors (Lipinski definition) is 1. The molecule has 3 heteroatoms. The quantitative estimate of drug-likeness (QED) is 0.0807. The van der Waals surface area contributed by atoms with E-state index < -0.39 is 5.97 Å². The summed E-state index contributed by atoms with van der Waals surface area (Å²) in [5.41, 5.74) is 0. The lowest BCUT2D eigenvalue weighted by Gasteiger charge is -2.18. The van der Waals surface area contributed by atoms with E-state index in [-0.39, 0.29) is 0 Å². The van der Waals surface area contributed by atoms with Crippen LogP contribution in [0.5, 0.6) is 0 Å². The molecule has 0 aromatic heterocycles. The minimum Gasteiger partial charge on any atom is -0.481 e. The summed E-state index contributed by atoms with van der Waals surface area (Å²) in [6, 6.07) is 0. The fourth-order valence-corrected chi connectivity index (χ4v) is 5.72. The van der Waals surface area contributed by atoms with E-state index in [0.717, 1.165) is 19.4 Å². The summed E-state index contributed by atoms with van der Waals surface area (Å²) >= 11 is 0. The van der Waals surface area contributed by atoms with E-state index in [1.807, 2.05) is 0 Å². The van der Waals surface area contributed by atoms with Crippen LogP contribution in [0.1, 0.15) is 213 Å². The predicted molar refractivity (Wildman–Crippen MR) is 172 cm³/mol. The van der Waals surface area contributed by atoms with Gasteiger partial charge in [-0.1, -0.05) is 181 Å². The van der Waals surface area contributed by atoms with Crippen molar-refractivity contribution in [3.05, 3.63) is 0 Å². The molecule has 0 saturated heterocycles. The topological polar surface area (TPSA) is 46.5 Å². The first-order valence-electron chi connectivity index (χ1n) is 18.0. The zero-order chi connectivity index (χ0) is 28.5. The van der Waals surface area contributed by atoms with Crippen LogP contribution in [-0.2, 0) is 9.53 Å². The highest BCUT2D eigenvalue weighted by atomic mass is 16.5. The third-order valence-corrected chi connectivity index (χ3v) is 8.40. The highest BCUT2D eigenvalue weighted by Gasteiger charge is 2.09. The Kier molecular flexibility index (Phi) is 33.1. The van der Waals surface area contributed by atoms with Crippen LogP contribution in [-0.4, -0.2) is 23.8 Å². The fourth-order valence-electron chi connectivity index (χ4n) is 5.72. The van der Waals surface area contributed by atoms with E-state index in [9.17, 15) is 4.79 Å². The molecular weight excluding hydrogens is 480 g/mol. The Morgan fingerprint density at radius 3 is 1.15 bits per heavy atom. The van der Waals surface area contributed by atoms with E-state index in [1.54, 1.807) is 0 Å². The number of rotatable bonds is 34. The monoisotopic (exact) mass is 553 g/mol. The van der Waals surface area contributed by atoms with Crippen molar-refractivity contribution in [2.45, 2.75) is 219 Å². The smallest absolute Gasteiger partial charge is 0.303 e. The zero-order valence-electron chi connectivity index (χ0n) is 27.0. The van der Waals surface area contributed by atoms with Gasteiger partial charge in [-0.3, -0.25) is 4.79 Å². The Morgan fingerprint density at radius 1 is 0.462 bits per heavy atom. The lowest BCUT2D eigenvalue weighted by Crippen LogP contribution is -2.14. The van der Waals surface area contributed by atoms with Crippen LogP contribution in [0.2, 0.25) is 0 Å². The molecule has 0 aliphatic carbocycles. The van der Waals surface area contributed by atoms with Gasteiger partial charge in [0.05, 0.1) is 6.10 Å². The van der Waals surface area contributed by atoms with Gasteiger partial charge < -0.3 is 9.84 Å². The van der Waals surface area contributed by atoms with Gasteiger partial charge >= 0.3 is 5.97 Å². The van der Waals surface area contributed by atoms with Gasteiger partial charge in [-0.25, -0.2) is 0 Å². The molecule has 0 fully saturated rings. The molecule has 0 aliphatic rings. The Morgan fingerprint density at radius 2 is 0.769 bits per heavy atom. The van der Waals surface area contributed by atoms with Crippen LogP contribution >= 0.6 is 0 Å². The van der Waals surface area contributed by atoms with Crippen molar-refractivity contribution in [1.29, 1.82) is 0 Å². The zero-order valence-corrected chi connectivity index (χ0v) is 27.0. The Bertz CT molecular complexity index is 464. The van der Waals surface area contributed by atoms with Crippen molar-refractivity contribution in [3.63, 3.8) is 0 Å². The SMILES string of the molecule is CCCCCCCCCCCCCCCCCCOC(CCCCCC)CCCCCCCCCCC(=O)O. The average molecular weight is 553 g/mol. The van der Waals surface area contributed by atoms with Crippen LogP contribution in [0.15, 0.2) is 0 Å². The summed E-state index contributed by atoms with van der Waals surface area (Å²) < 4.78 is 6.38. The second kappa shape index (κ2) is 33.6. The molecule has 0 rings (SSSR count). The van der Waals surface area contributed by atoms with Crippen LogP contribution in [0.3, 0.4) is 0 Å². The molecular formula is C36H72O3. The lowest BCUT2D eigenvalue weighted by molar-refractivity contribution is -0.137. The molecule has 3 nitrogen and oxygen atoms in total. The van der Waals surface area contributed by atoms with Crippen LogP contribution in [0.4, 0.5) is 0 Å². The molecule has 0 heterocycles. The number of unbranched alkanes of at least 4 members (excludes halogenated alkanes) is 25. The second-order valence-electron chi connectivity index (χ2n) is 12.4. The number of carboxylic acids is 1. The van der Waals surface area contributed by atoms with Crippen molar-refractivity contribution >= 4 is 5.97 Å². The summed E-state index contributed by atoms with van der Waals surface area (Å²) in [5.74, 6) is -0.656. The lowest BCUT2D eigenvalue weighted by atomic mass is 10.0. The van der Waals surface area contributed by atoms with Crippen molar-refractivity contribution in [3.8, 4) is 0 Å². The molecule has 0 spiro atoms. The summed E-state index contributed by atoms with van der Waals surface area (Å²) in [7, 11) is 0. The van der Waals surface area contributed by atoms with E-state index in [4.69, 9.17) is 9.84 Å². The largest absolute Gasteiger partial charge is 0.481 e. The van der Waals surface area contributed by atoms with Crippen LogP contribution < -0.4 is 0 Å². The molecule has 39 heavy (non-hydrogen) atoms. The molecule has 0 saturated carbocycles. The molecule has 0 bridgehead atoms. The number of aliphatic carboxylic acids is 1. The number of hydrogen-bond acceptors (Lipinski definition) is 2. The van der Waals surface area contributed by atoms with Crippen LogP contribution in [0.25, 0.3) is 0 Å². The van der Waals surface area contributed by atoms with Crippen molar-refractivity contribution in [2.75, 3.05) is 6.61 Å². The molecule has 0 aliphatic heterocycles. The summed E-state index contributed by atoms with van der Waals surface area (Å²) in [6.07, 6.45) is 41.0. The maximum atomic E-state index is 10.6. The maximum absolute atomic E-state index is 10.6. The standard InChI is InChI=1S/C36H72O3/c1-3-5-7-9-10-11-12-13-14-15-16-17-20-23-26-30-34-39-35(31-27-8-6-4-2)32-28-24-21-18-19-22-25-29-33-36(37)38/h35H,3-34H2,1-2H3,(H,37,38). The van der Waals surface area contributed by atoms with E-state index in [1.165, 1.54) is 180 Å². The molecule has 0 aromatic carbocycles. The van der Waals surface area contributed by atoms with Gasteiger partial charge in [-0.05, 0) is 25.7 Å². The van der Waals surface area contributed by atoms with Crippen molar-refractivity contribution in [1.82, 2.24) is 0 Å². The predicted octanol–water partition coefficient (Wildman–Crippen LogP) is 12.6. The van der Waals surface area contributed by atoms with Crippen LogP contribution in [0, 0.1) is 0 Å². The van der Waals surface area contributed by atoms with Gasteiger partial charge in [-0.15, -0.1) is 0 Å². The van der Waals surface area contributed by atoms with Gasteiger partial charge in [0.25, 0.3) is 0 Å². The highest BCUT2D eigenvalue weighted by molar-refractivity contribution is 5.66. The average Bonchev–Trinajstić information content (AvgIpc) is 2.93. The highest BCUT2D eigenvalue weighted by Crippen LogP contribution is 2.18. The molecule has 234 valence electrons. The van der Waals surface area contributed by atoms with Gasteiger partial charge in [0, 0.05) is 13.0 Å². The fraction of sp³-hybridized carbons (Fsp3) is 0.972. The first-order chi connectivity index (χ1) is 19.2. The van der Waals surface area contributed by atoms with Crippen molar-refractivity contribution in [2.24, 2.45) is 0 Å². The normalized spacial score (nSPS) is 12.3. The molecule has 0 amide bonds. The number of carboxylic acid groups (broad SMARTS) is 1. The van der Waals surface area contributed by atoms with E-state index in [0.29, 0.717) is 12.5 Å². The van der Waals surface area contributed by atoms with Gasteiger partial charge in [0.15, 0.2) is 0 Å². The second-order valence-corrected chi connectivity index (χ2v) is 12.4. The Balaban J connectivity index is 3.61. The number of carbonyl (C=O) groups is 1. The maximum Gasteiger partial charge on any atom is 0.303 e. The molecule has 0 aromatic rings. The number of ether oxygens (including phenoxy) is 1. The van der Waals surface area contributed by atoms with Gasteiger partial charge in [-0.2, -0.15) is 0 Å². The van der Waals surface area contributed by atoms with Gasteiger partial charge in [0.1, 0.15) is 0 Å². The van der Waals surface area contributed by atoms with Crippen molar-refractivity contribution < 1.29 is 14.6 Å². The third-order valence-electron chi connectivity index (χ3n) is 8.40. The van der Waals surface area contributed by atoms with E-state index >= 15 is 0 Å². The first-order valence-corrected chi connectivity index (χ1v) is 18.0. The molecule has 0 radical (unpaired) electrons. The Hall–Kier alpha value is -0.570. The summed E-state index contributed by atoms with van der Waals surface area (Å²) in [6.45, 7) is 5.55. The minimum atomic E-state index is -0.656.